The van der Waals surface area contributed by atoms with Gasteiger partial charge in [0.2, 0.25) is 21.1 Å². The number of hydrogen-bond donors (Lipinski definition) is 1. The molecule has 3 rings (SSSR count). The zero-order valence-electron chi connectivity index (χ0n) is 15.0. The van der Waals surface area contributed by atoms with E-state index < -0.39 is 16.1 Å². The molecule has 1 unspecified atom stereocenters. The van der Waals surface area contributed by atoms with Crippen LogP contribution in [0.4, 0.5) is 5.13 Å². The largest absolute Gasteiger partial charge is 0.299 e. The van der Waals surface area contributed by atoms with Gasteiger partial charge in [-0.3, -0.25) is 10.1 Å². The molecule has 2 heterocycles. The van der Waals surface area contributed by atoms with E-state index in [9.17, 15) is 13.2 Å². The molecular weight excluding hydrogens is 372 g/mol. The molecule has 0 radical (unpaired) electrons. The van der Waals surface area contributed by atoms with Gasteiger partial charge in [-0.25, -0.2) is 8.42 Å². The average molecular weight is 395 g/mol. The standard InChI is InChI=1S/C17H22N4O3S2/c1-11(2)16-19-20-17(25-16)18-15(22)14-5-4-10-21(14)26(23,24)13-8-6-12(3)7-9-13/h6-9,11,14H,4-5,10H2,1-3H3,(H,18,20,22). The van der Waals surface area contributed by atoms with Gasteiger partial charge in [0.15, 0.2) is 0 Å². The van der Waals surface area contributed by atoms with Gasteiger partial charge in [-0.05, 0) is 31.9 Å². The predicted molar refractivity (Wildman–Crippen MR) is 101 cm³/mol. The normalized spacial score (nSPS) is 18.4. The topological polar surface area (TPSA) is 92.3 Å². The highest BCUT2D eigenvalue weighted by molar-refractivity contribution is 7.89. The van der Waals surface area contributed by atoms with Crippen molar-refractivity contribution in [1.82, 2.24) is 14.5 Å². The van der Waals surface area contributed by atoms with Gasteiger partial charge in [0.05, 0.1) is 4.90 Å². The number of nitrogens with one attached hydrogen (secondary N) is 1. The lowest BCUT2D eigenvalue weighted by molar-refractivity contribution is -0.119. The second-order valence-electron chi connectivity index (χ2n) is 6.68. The lowest BCUT2D eigenvalue weighted by atomic mass is 10.2. The Morgan fingerprint density at radius 2 is 1.96 bits per heavy atom. The van der Waals surface area contributed by atoms with Crippen molar-refractivity contribution in [1.29, 1.82) is 0 Å². The van der Waals surface area contributed by atoms with Crippen LogP contribution in [0.1, 0.15) is 43.2 Å². The maximum Gasteiger partial charge on any atom is 0.244 e. The first kappa shape index (κ1) is 18.9. The average Bonchev–Trinajstić information content (AvgIpc) is 3.24. The van der Waals surface area contributed by atoms with Gasteiger partial charge in [-0.15, -0.1) is 10.2 Å². The van der Waals surface area contributed by atoms with Crippen LogP contribution in [-0.2, 0) is 14.8 Å². The van der Waals surface area contributed by atoms with E-state index in [-0.39, 0.29) is 16.7 Å². The van der Waals surface area contributed by atoms with Crippen molar-refractivity contribution in [3.05, 3.63) is 34.8 Å². The molecule has 0 bridgehead atoms. The molecule has 1 aliphatic heterocycles. The van der Waals surface area contributed by atoms with Gasteiger partial charge in [0, 0.05) is 12.5 Å². The number of rotatable bonds is 5. The summed E-state index contributed by atoms with van der Waals surface area (Å²) in [5.41, 5.74) is 0.983. The molecule has 1 aromatic carbocycles. The van der Waals surface area contributed by atoms with Crippen molar-refractivity contribution in [2.75, 3.05) is 11.9 Å². The third kappa shape index (κ3) is 3.79. The summed E-state index contributed by atoms with van der Waals surface area (Å²) in [5.74, 6) is -0.132. The molecule has 1 saturated heterocycles. The Morgan fingerprint density at radius 3 is 2.58 bits per heavy atom. The van der Waals surface area contributed by atoms with Crippen LogP contribution < -0.4 is 5.32 Å². The quantitative estimate of drug-likeness (QED) is 0.842. The SMILES string of the molecule is Cc1ccc(S(=O)(=O)N2CCCC2C(=O)Nc2nnc(C(C)C)s2)cc1. The smallest absolute Gasteiger partial charge is 0.244 e. The highest BCUT2D eigenvalue weighted by Crippen LogP contribution is 2.28. The summed E-state index contributed by atoms with van der Waals surface area (Å²) < 4.78 is 27.1. The van der Waals surface area contributed by atoms with E-state index in [1.807, 2.05) is 20.8 Å². The minimum Gasteiger partial charge on any atom is -0.299 e. The molecule has 26 heavy (non-hydrogen) atoms. The van der Waals surface area contributed by atoms with Crippen LogP contribution in [-0.4, -0.2) is 41.4 Å². The minimum absolute atomic E-state index is 0.209. The molecule has 1 aromatic heterocycles. The number of carbonyl (C=O) groups excluding carboxylic acids is 1. The molecule has 2 aromatic rings. The van der Waals surface area contributed by atoms with E-state index in [1.54, 1.807) is 24.3 Å². The van der Waals surface area contributed by atoms with E-state index in [0.29, 0.717) is 24.5 Å². The Kier molecular flexibility index (Phi) is 5.40. The summed E-state index contributed by atoms with van der Waals surface area (Å²) in [6.07, 6.45) is 1.14. The Morgan fingerprint density at radius 1 is 1.27 bits per heavy atom. The molecule has 0 spiro atoms. The number of benzene rings is 1. The van der Waals surface area contributed by atoms with Crippen LogP contribution in [0.5, 0.6) is 0 Å². The molecule has 1 aliphatic rings. The lowest BCUT2D eigenvalue weighted by Gasteiger charge is -2.23. The molecule has 1 fully saturated rings. The first-order valence-electron chi connectivity index (χ1n) is 8.52. The number of anilines is 1. The number of sulfonamides is 1. The summed E-state index contributed by atoms with van der Waals surface area (Å²) in [6.45, 7) is 6.23. The van der Waals surface area contributed by atoms with Gasteiger partial charge in [0.1, 0.15) is 11.0 Å². The van der Waals surface area contributed by atoms with E-state index in [4.69, 9.17) is 0 Å². The van der Waals surface area contributed by atoms with Crippen LogP contribution in [0.2, 0.25) is 0 Å². The Balaban J connectivity index is 1.78. The molecule has 1 atom stereocenters. The van der Waals surface area contributed by atoms with Crippen molar-refractivity contribution in [3.63, 3.8) is 0 Å². The van der Waals surface area contributed by atoms with Gasteiger partial charge in [-0.1, -0.05) is 42.9 Å². The Hall–Kier alpha value is -1.84. The summed E-state index contributed by atoms with van der Waals surface area (Å²) in [7, 11) is -3.71. The number of aromatic nitrogens is 2. The first-order chi connectivity index (χ1) is 12.3. The van der Waals surface area contributed by atoms with Gasteiger partial charge < -0.3 is 0 Å². The maximum atomic E-state index is 12.9. The molecule has 0 aliphatic carbocycles. The van der Waals surface area contributed by atoms with E-state index in [2.05, 4.69) is 15.5 Å². The van der Waals surface area contributed by atoms with Gasteiger partial charge in [-0.2, -0.15) is 4.31 Å². The number of carbonyl (C=O) groups is 1. The summed E-state index contributed by atoms with van der Waals surface area (Å²) in [4.78, 5) is 12.9. The zero-order valence-corrected chi connectivity index (χ0v) is 16.6. The van der Waals surface area contributed by atoms with Crippen molar-refractivity contribution >= 4 is 32.4 Å². The monoisotopic (exact) mass is 394 g/mol. The van der Waals surface area contributed by atoms with Crippen LogP contribution in [0.15, 0.2) is 29.2 Å². The number of amides is 1. The van der Waals surface area contributed by atoms with Crippen molar-refractivity contribution < 1.29 is 13.2 Å². The highest BCUT2D eigenvalue weighted by atomic mass is 32.2. The van der Waals surface area contributed by atoms with Gasteiger partial charge in [0.25, 0.3) is 0 Å². The summed E-state index contributed by atoms with van der Waals surface area (Å²) >= 11 is 1.31. The molecule has 0 saturated carbocycles. The number of nitrogens with zero attached hydrogens (tertiary/aromatic N) is 3. The second kappa shape index (κ2) is 7.42. The van der Waals surface area contributed by atoms with Crippen molar-refractivity contribution in [2.24, 2.45) is 0 Å². The summed E-state index contributed by atoms with van der Waals surface area (Å²) in [6, 6.07) is 5.95. The number of aryl methyl sites for hydroxylation is 1. The third-order valence-electron chi connectivity index (χ3n) is 4.30. The van der Waals surface area contributed by atoms with Crippen LogP contribution in [0.3, 0.4) is 0 Å². The summed E-state index contributed by atoms with van der Waals surface area (Å²) in [5, 5.41) is 12.0. The first-order valence-corrected chi connectivity index (χ1v) is 10.8. The van der Waals surface area contributed by atoms with Crippen LogP contribution >= 0.6 is 11.3 Å². The lowest BCUT2D eigenvalue weighted by Crippen LogP contribution is -2.43. The van der Waals surface area contributed by atoms with E-state index in [1.165, 1.54) is 15.6 Å². The van der Waals surface area contributed by atoms with Crippen molar-refractivity contribution in [2.45, 2.75) is 50.5 Å². The van der Waals surface area contributed by atoms with Crippen LogP contribution in [0.25, 0.3) is 0 Å². The Labute approximate surface area is 157 Å². The Bertz CT molecular complexity index is 891. The van der Waals surface area contributed by atoms with Crippen LogP contribution in [0, 0.1) is 6.92 Å². The molecule has 1 N–H and O–H groups in total. The molecule has 9 heteroatoms. The third-order valence-corrected chi connectivity index (χ3v) is 7.36. The fraction of sp³-hybridized carbons (Fsp3) is 0.471. The molecule has 7 nitrogen and oxygen atoms in total. The molecule has 1 amide bonds. The maximum absolute atomic E-state index is 12.9. The second-order valence-corrected chi connectivity index (χ2v) is 9.58. The fourth-order valence-corrected chi connectivity index (χ4v) is 5.25. The zero-order chi connectivity index (χ0) is 18.9. The van der Waals surface area contributed by atoms with E-state index in [0.717, 1.165) is 10.6 Å². The molecular formula is C17H22N4O3S2. The fourth-order valence-electron chi connectivity index (χ4n) is 2.84. The predicted octanol–water partition coefficient (Wildman–Crippen LogP) is 2.76. The molecule has 140 valence electrons. The number of hydrogen-bond acceptors (Lipinski definition) is 6. The highest BCUT2D eigenvalue weighted by Gasteiger charge is 2.39. The van der Waals surface area contributed by atoms with Crippen molar-refractivity contribution in [3.8, 4) is 0 Å². The minimum atomic E-state index is -3.71. The van der Waals surface area contributed by atoms with Gasteiger partial charge >= 0.3 is 0 Å². The van der Waals surface area contributed by atoms with E-state index >= 15 is 0 Å².